The van der Waals surface area contributed by atoms with E-state index in [0.717, 1.165) is 26.9 Å². The van der Waals surface area contributed by atoms with Gasteiger partial charge in [-0.3, -0.25) is 4.79 Å². The van der Waals surface area contributed by atoms with Crippen LogP contribution < -0.4 is 5.32 Å². The molecule has 0 radical (unpaired) electrons. The number of carbonyl (C=O) groups is 1. The smallest absolute Gasteiger partial charge is 0.238 e. The summed E-state index contributed by atoms with van der Waals surface area (Å²) in [5.41, 5.74) is 3.13. The topological polar surface area (TPSA) is 42.0 Å². The lowest BCUT2D eigenvalue weighted by molar-refractivity contribution is -0.116. The van der Waals surface area contributed by atoms with Crippen molar-refractivity contribution in [2.45, 2.75) is 12.3 Å². The predicted molar refractivity (Wildman–Crippen MR) is 122 cm³/mol. The molecule has 0 fully saturated rings. The molecule has 0 saturated carbocycles. The third-order valence-electron chi connectivity index (χ3n) is 4.60. The molecule has 0 aliphatic rings. The van der Waals surface area contributed by atoms with Gasteiger partial charge in [0.1, 0.15) is 0 Å². The average molecular weight is 463 g/mol. The summed E-state index contributed by atoms with van der Waals surface area (Å²) >= 11 is 4.97. The quantitative estimate of drug-likeness (QED) is 0.366. The Bertz CT molecular complexity index is 1040. The van der Waals surface area contributed by atoms with Crippen LogP contribution in [0, 0.1) is 0 Å². The fourth-order valence-electron chi connectivity index (χ4n) is 3.21. The van der Waals surface area contributed by atoms with Gasteiger partial charge in [0.2, 0.25) is 5.91 Å². The Balaban J connectivity index is 1.52. The van der Waals surface area contributed by atoms with Crippen LogP contribution in [0.3, 0.4) is 0 Å². The van der Waals surface area contributed by atoms with Crippen LogP contribution in [0.5, 0.6) is 0 Å². The lowest BCUT2D eigenvalue weighted by Crippen LogP contribution is -2.22. The van der Waals surface area contributed by atoms with Crippen molar-refractivity contribution in [1.82, 2.24) is 4.98 Å². The van der Waals surface area contributed by atoms with Crippen LogP contribution >= 0.6 is 27.3 Å². The fraction of sp³-hybridized carbons (Fsp3) is 0.0833. The first-order chi connectivity index (χ1) is 14.2. The minimum Gasteiger partial charge on any atom is -0.301 e. The number of rotatable bonds is 6. The van der Waals surface area contributed by atoms with Crippen molar-refractivity contribution in [3.05, 3.63) is 117 Å². The molecule has 3 nitrogen and oxygen atoms in total. The highest BCUT2D eigenvalue weighted by atomic mass is 79.9. The average Bonchev–Trinajstić information content (AvgIpc) is 3.18. The van der Waals surface area contributed by atoms with Crippen LogP contribution in [0.4, 0.5) is 5.13 Å². The van der Waals surface area contributed by atoms with Gasteiger partial charge >= 0.3 is 0 Å². The number of thiazole rings is 1. The molecule has 29 heavy (non-hydrogen) atoms. The van der Waals surface area contributed by atoms with E-state index in [1.165, 1.54) is 16.9 Å². The highest BCUT2D eigenvalue weighted by molar-refractivity contribution is 9.10. The first kappa shape index (κ1) is 19.6. The van der Waals surface area contributed by atoms with Crippen molar-refractivity contribution >= 4 is 38.3 Å². The summed E-state index contributed by atoms with van der Waals surface area (Å²) in [6.07, 6.45) is 2.63. The maximum absolute atomic E-state index is 13.2. The SMILES string of the molecule is O=C(Nc1ncc(Cc2ccc(Br)cc2)s1)C(c1ccccc1)c1ccccc1. The van der Waals surface area contributed by atoms with Gasteiger partial charge in [-0.1, -0.05) is 88.7 Å². The number of amides is 1. The predicted octanol–water partition coefficient (Wildman–Crippen LogP) is 6.27. The summed E-state index contributed by atoms with van der Waals surface area (Å²) in [5.74, 6) is -0.455. The Morgan fingerprint density at radius 2 is 1.48 bits per heavy atom. The molecule has 0 aliphatic heterocycles. The third-order valence-corrected chi connectivity index (χ3v) is 6.04. The standard InChI is InChI=1S/C24H19BrN2OS/c25-20-13-11-17(12-14-20)15-21-16-26-24(29-21)27-23(28)22(18-7-3-1-4-8-18)19-9-5-2-6-10-19/h1-14,16,22H,15H2,(H,26,27,28). The van der Waals surface area contributed by atoms with E-state index < -0.39 is 0 Å². The lowest BCUT2D eigenvalue weighted by Gasteiger charge is -2.17. The number of hydrogen-bond acceptors (Lipinski definition) is 3. The minimum absolute atomic E-state index is 0.0769. The van der Waals surface area contributed by atoms with E-state index in [9.17, 15) is 4.79 Å². The van der Waals surface area contributed by atoms with Gasteiger partial charge in [0.05, 0.1) is 5.92 Å². The normalized spacial score (nSPS) is 10.8. The Morgan fingerprint density at radius 1 is 0.897 bits per heavy atom. The highest BCUT2D eigenvalue weighted by Gasteiger charge is 2.23. The van der Waals surface area contributed by atoms with E-state index in [-0.39, 0.29) is 11.8 Å². The fourth-order valence-corrected chi connectivity index (χ4v) is 4.33. The Labute approximate surface area is 182 Å². The summed E-state index contributed by atoms with van der Waals surface area (Å²) in [4.78, 5) is 18.7. The zero-order valence-electron chi connectivity index (χ0n) is 15.6. The van der Waals surface area contributed by atoms with Crippen molar-refractivity contribution in [1.29, 1.82) is 0 Å². The van der Waals surface area contributed by atoms with Crippen molar-refractivity contribution < 1.29 is 4.79 Å². The molecule has 5 heteroatoms. The first-order valence-electron chi connectivity index (χ1n) is 9.29. The molecule has 144 valence electrons. The van der Waals surface area contributed by atoms with Gasteiger partial charge < -0.3 is 5.32 Å². The second kappa shape index (κ2) is 9.16. The van der Waals surface area contributed by atoms with Crippen molar-refractivity contribution in [3.63, 3.8) is 0 Å². The molecule has 1 aromatic heterocycles. The van der Waals surface area contributed by atoms with Gasteiger partial charge in [-0.15, -0.1) is 11.3 Å². The molecule has 0 atom stereocenters. The number of hydrogen-bond donors (Lipinski definition) is 1. The van der Waals surface area contributed by atoms with E-state index in [1.54, 1.807) is 0 Å². The lowest BCUT2D eigenvalue weighted by atomic mass is 9.90. The maximum atomic E-state index is 13.2. The molecule has 4 aromatic rings. The zero-order chi connectivity index (χ0) is 20.1. The summed E-state index contributed by atoms with van der Waals surface area (Å²) in [6.45, 7) is 0. The van der Waals surface area contributed by atoms with Crippen LogP contribution in [0.25, 0.3) is 0 Å². The van der Waals surface area contributed by atoms with Gasteiger partial charge in [0, 0.05) is 22.0 Å². The van der Waals surface area contributed by atoms with Crippen LogP contribution in [0.1, 0.15) is 27.5 Å². The molecule has 1 N–H and O–H groups in total. The Morgan fingerprint density at radius 3 is 2.07 bits per heavy atom. The number of anilines is 1. The number of carbonyl (C=O) groups excluding carboxylic acids is 1. The number of nitrogens with zero attached hydrogens (tertiary/aromatic N) is 1. The summed E-state index contributed by atoms with van der Waals surface area (Å²) in [6, 6.07) is 27.9. The maximum Gasteiger partial charge on any atom is 0.238 e. The van der Waals surface area contributed by atoms with E-state index in [4.69, 9.17) is 0 Å². The Hall–Kier alpha value is -2.76. The number of aromatic nitrogens is 1. The first-order valence-corrected chi connectivity index (χ1v) is 10.9. The minimum atomic E-state index is -0.378. The molecule has 1 amide bonds. The van der Waals surface area contributed by atoms with Gasteiger partial charge in [-0.2, -0.15) is 0 Å². The number of nitrogens with one attached hydrogen (secondary N) is 1. The molecule has 0 bridgehead atoms. The van der Waals surface area contributed by atoms with Crippen LogP contribution in [0.2, 0.25) is 0 Å². The second-order valence-corrected chi connectivity index (χ2v) is 8.71. The molecule has 4 rings (SSSR count). The molecule has 0 spiro atoms. The van der Waals surface area contributed by atoms with Crippen LogP contribution in [-0.4, -0.2) is 10.9 Å². The van der Waals surface area contributed by atoms with Gasteiger partial charge in [0.25, 0.3) is 0 Å². The van der Waals surface area contributed by atoms with Crippen molar-refractivity contribution in [3.8, 4) is 0 Å². The number of halogens is 1. The van der Waals surface area contributed by atoms with Crippen molar-refractivity contribution in [2.75, 3.05) is 5.32 Å². The largest absolute Gasteiger partial charge is 0.301 e. The molecular formula is C24H19BrN2OS. The van der Waals surface area contributed by atoms with Crippen LogP contribution in [-0.2, 0) is 11.2 Å². The zero-order valence-corrected chi connectivity index (χ0v) is 18.0. The third kappa shape index (κ3) is 5.00. The molecule has 1 heterocycles. The molecular weight excluding hydrogens is 444 g/mol. The van der Waals surface area contributed by atoms with Gasteiger partial charge in [-0.05, 0) is 28.8 Å². The molecule has 0 saturated heterocycles. The second-order valence-electron chi connectivity index (χ2n) is 6.68. The van der Waals surface area contributed by atoms with E-state index >= 15 is 0 Å². The summed E-state index contributed by atoms with van der Waals surface area (Å²) < 4.78 is 1.06. The monoisotopic (exact) mass is 462 g/mol. The van der Waals surface area contributed by atoms with Gasteiger partial charge in [0.15, 0.2) is 5.13 Å². The van der Waals surface area contributed by atoms with Gasteiger partial charge in [-0.25, -0.2) is 4.98 Å². The molecule has 0 unspecified atom stereocenters. The highest BCUT2D eigenvalue weighted by Crippen LogP contribution is 2.28. The number of benzene rings is 3. The summed E-state index contributed by atoms with van der Waals surface area (Å²) in [7, 11) is 0. The van der Waals surface area contributed by atoms with E-state index in [0.29, 0.717) is 5.13 Å². The summed E-state index contributed by atoms with van der Waals surface area (Å²) in [5, 5.41) is 3.64. The van der Waals surface area contributed by atoms with Crippen LogP contribution in [0.15, 0.2) is 95.6 Å². The van der Waals surface area contributed by atoms with Crippen molar-refractivity contribution in [2.24, 2.45) is 0 Å². The van der Waals surface area contributed by atoms with E-state index in [1.807, 2.05) is 79.0 Å². The van der Waals surface area contributed by atoms with E-state index in [2.05, 4.69) is 38.4 Å². The molecule has 0 aliphatic carbocycles. The Kier molecular flexibility index (Phi) is 6.17. The molecule has 3 aromatic carbocycles.